The van der Waals surface area contributed by atoms with E-state index < -0.39 is 0 Å². The Morgan fingerprint density at radius 3 is 2.88 bits per heavy atom. The number of amides is 1. The molecule has 1 aliphatic rings. The normalized spacial score (nSPS) is 15.0. The second-order valence-electron chi connectivity index (χ2n) is 5.63. The molecule has 0 saturated carbocycles. The Morgan fingerprint density at radius 1 is 1.36 bits per heavy atom. The van der Waals surface area contributed by atoms with Crippen molar-refractivity contribution in [1.29, 1.82) is 0 Å². The number of halogens is 1. The molecule has 1 N–H and O–H groups in total. The van der Waals surface area contributed by atoms with Crippen LogP contribution < -0.4 is 10.1 Å². The van der Waals surface area contributed by atoms with Gasteiger partial charge in [-0.3, -0.25) is 4.79 Å². The van der Waals surface area contributed by atoms with Gasteiger partial charge in [-0.1, -0.05) is 17.7 Å². The van der Waals surface area contributed by atoms with Gasteiger partial charge in [-0.05, 0) is 30.5 Å². The minimum absolute atomic E-state index is 0.0488. The number of nitrogens with zero attached hydrogens (tertiary/aromatic N) is 1. The van der Waals surface area contributed by atoms with Gasteiger partial charge in [0, 0.05) is 29.6 Å². The molecule has 0 unspecified atom stereocenters. The molecule has 0 bridgehead atoms. The molecule has 0 aliphatic carbocycles. The summed E-state index contributed by atoms with van der Waals surface area (Å²) in [5.41, 5.74) is 1.12. The lowest BCUT2D eigenvalue weighted by molar-refractivity contribution is 0.0238. The van der Waals surface area contributed by atoms with Crippen molar-refractivity contribution in [1.82, 2.24) is 4.98 Å². The van der Waals surface area contributed by atoms with Crippen LogP contribution >= 0.6 is 23.4 Å². The summed E-state index contributed by atoms with van der Waals surface area (Å²) in [4.78, 5) is 17.7. The molecule has 0 atom stereocenters. The average Bonchev–Trinajstić information content (AvgIpc) is 2.64. The van der Waals surface area contributed by atoms with Crippen LogP contribution in [0.2, 0.25) is 5.02 Å². The van der Waals surface area contributed by atoms with Crippen molar-refractivity contribution in [2.45, 2.75) is 23.8 Å². The van der Waals surface area contributed by atoms with Crippen LogP contribution in [0.3, 0.4) is 0 Å². The SMILES string of the molecule is CSc1cccc(NC(=O)c2cnc(OC3CCOCC3)c(Cl)c2)c1. The van der Waals surface area contributed by atoms with Gasteiger partial charge in [-0.15, -0.1) is 11.8 Å². The van der Waals surface area contributed by atoms with Crippen molar-refractivity contribution in [3.05, 3.63) is 47.1 Å². The smallest absolute Gasteiger partial charge is 0.257 e. The van der Waals surface area contributed by atoms with Gasteiger partial charge in [0.2, 0.25) is 5.88 Å². The molecule has 1 saturated heterocycles. The third-order valence-corrected chi connectivity index (χ3v) is 4.84. The number of carbonyl (C=O) groups is 1. The van der Waals surface area contributed by atoms with E-state index in [1.165, 1.54) is 6.20 Å². The van der Waals surface area contributed by atoms with Gasteiger partial charge in [-0.25, -0.2) is 4.98 Å². The quantitative estimate of drug-likeness (QED) is 0.787. The predicted molar refractivity (Wildman–Crippen MR) is 99.9 cm³/mol. The van der Waals surface area contributed by atoms with E-state index in [9.17, 15) is 4.79 Å². The number of pyridine rings is 1. The second-order valence-corrected chi connectivity index (χ2v) is 6.91. The Labute approximate surface area is 156 Å². The lowest BCUT2D eigenvalue weighted by Crippen LogP contribution is -2.26. The third-order valence-electron chi connectivity index (χ3n) is 3.84. The van der Waals surface area contributed by atoms with E-state index in [0.717, 1.165) is 23.4 Å². The fourth-order valence-corrected chi connectivity index (χ4v) is 3.16. The average molecular weight is 379 g/mol. The molecule has 1 aromatic heterocycles. The molecule has 2 aromatic rings. The van der Waals surface area contributed by atoms with Crippen LogP contribution in [-0.2, 0) is 4.74 Å². The predicted octanol–water partition coefficient (Wildman–Crippen LogP) is 4.27. The number of benzene rings is 1. The molecular weight excluding hydrogens is 360 g/mol. The molecule has 1 amide bonds. The van der Waals surface area contributed by atoms with Gasteiger partial charge in [-0.2, -0.15) is 0 Å². The number of hydrogen-bond acceptors (Lipinski definition) is 5. The maximum Gasteiger partial charge on any atom is 0.257 e. The largest absolute Gasteiger partial charge is 0.473 e. The van der Waals surface area contributed by atoms with E-state index in [2.05, 4.69) is 10.3 Å². The third kappa shape index (κ3) is 4.87. The molecule has 132 valence electrons. The zero-order valence-corrected chi connectivity index (χ0v) is 15.4. The van der Waals surface area contributed by atoms with Gasteiger partial charge in [0.1, 0.15) is 11.1 Å². The Morgan fingerprint density at radius 2 is 2.16 bits per heavy atom. The molecule has 3 rings (SSSR count). The molecule has 2 heterocycles. The van der Waals surface area contributed by atoms with Crippen molar-refractivity contribution in [2.24, 2.45) is 0 Å². The number of aromatic nitrogens is 1. The maximum absolute atomic E-state index is 12.4. The number of nitrogens with one attached hydrogen (secondary N) is 1. The monoisotopic (exact) mass is 378 g/mol. The number of carbonyl (C=O) groups excluding carboxylic acids is 1. The lowest BCUT2D eigenvalue weighted by atomic mass is 10.1. The molecule has 25 heavy (non-hydrogen) atoms. The van der Waals surface area contributed by atoms with Gasteiger partial charge < -0.3 is 14.8 Å². The first kappa shape index (κ1) is 18.0. The highest BCUT2D eigenvalue weighted by molar-refractivity contribution is 7.98. The van der Waals surface area contributed by atoms with Crippen LogP contribution in [0.25, 0.3) is 0 Å². The van der Waals surface area contributed by atoms with Crippen molar-refractivity contribution < 1.29 is 14.3 Å². The van der Waals surface area contributed by atoms with Gasteiger partial charge in [0.25, 0.3) is 5.91 Å². The zero-order valence-electron chi connectivity index (χ0n) is 13.8. The zero-order chi connectivity index (χ0) is 17.6. The summed E-state index contributed by atoms with van der Waals surface area (Å²) in [6.45, 7) is 1.36. The van der Waals surface area contributed by atoms with E-state index in [4.69, 9.17) is 21.1 Å². The van der Waals surface area contributed by atoms with Gasteiger partial charge in [0.05, 0.1) is 18.8 Å². The van der Waals surface area contributed by atoms with E-state index >= 15 is 0 Å². The Kier molecular flexibility index (Phi) is 6.18. The van der Waals surface area contributed by atoms with Crippen LogP contribution in [0.4, 0.5) is 5.69 Å². The topological polar surface area (TPSA) is 60.5 Å². The van der Waals surface area contributed by atoms with E-state index in [-0.39, 0.29) is 12.0 Å². The summed E-state index contributed by atoms with van der Waals surface area (Å²) in [5, 5.41) is 3.18. The maximum atomic E-state index is 12.4. The molecule has 7 heteroatoms. The molecule has 1 aromatic carbocycles. The first-order chi connectivity index (χ1) is 12.2. The summed E-state index contributed by atoms with van der Waals surface area (Å²) in [6, 6.07) is 9.23. The minimum atomic E-state index is -0.259. The Bertz CT molecular complexity index is 751. The second kappa shape index (κ2) is 8.56. The van der Waals surface area contributed by atoms with Crippen LogP contribution in [0, 0.1) is 0 Å². The highest BCUT2D eigenvalue weighted by Gasteiger charge is 2.18. The Balaban J connectivity index is 1.67. The Hall–Kier alpha value is -1.76. The van der Waals surface area contributed by atoms with Crippen molar-refractivity contribution >= 4 is 35.0 Å². The van der Waals surface area contributed by atoms with E-state index in [0.29, 0.717) is 29.7 Å². The van der Waals surface area contributed by atoms with Crippen LogP contribution in [0.1, 0.15) is 23.2 Å². The highest BCUT2D eigenvalue weighted by atomic mass is 35.5. The first-order valence-corrected chi connectivity index (χ1v) is 9.61. The molecular formula is C18H19ClN2O3S. The summed E-state index contributed by atoms with van der Waals surface area (Å²) in [6.07, 6.45) is 5.14. The van der Waals surface area contributed by atoms with E-state index in [1.807, 2.05) is 30.5 Å². The number of hydrogen-bond donors (Lipinski definition) is 1. The highest BCUT2D eigenvalue weighted by Crippen LogP contribution is 2.26. The fourth-order valence-electron chi connectivity index (χ4n) is 2.49. The van der Waals surface area contributed by atoms with E-state index in [1.54, 1.807) is 17.8 Å². The molecule has 5 nitrogen and oxygen atoms in total. The number of ether oxygens (including phenoxy) is 2. The van der Waals surface area contributed by atoms with Gasteiger partial charge in [0.15, 0.2) is 0 Å². The number of rotatable bonds is 5. The van der Waals surface area contributed by atoms with Gasteiger partial charge >= 0.3 is 0 Å². The minimum Gasteiger partial charge on any atom is -0.473 e. The lowest BCUT2D eigenvalue weighted by Gasteiger charge is -2.23. The molecule has 0 spiro atoms. The molecule has 0 radical (unpaired) electrons. The van der Waals surface area contributed by atoms with Crippen LogP contribution in [0.5, 0.6) is 5.88 Å². The fraction of sp³-hybridized carbons (Fsp3) is 0.333. The summed E-state index contributed by atoms with van der Waals surface area (Å²) in [5.74, 6) is 0.0970. The standard InChI is InChI=1S/C18H19ClN2O3S/c1-25-15-4-2-3-13(10-15)21-17(22)12-9-16(19)18(20-11-12)24-14-5-7-23-8-6-14/h2-4,9-11,14H,5-8H2,1H3,(H,21,22). The van der Waals surface area contributed by atoms with Crippen LogP contribution in [0.15, 0.2) is 41.4 Å². The number of thioether (sulfide) groups is 1. The van der Waals surface area contributed by atoms with Crippen LogP contribution in [-0.4, -0.2) is 36.5 Å². The first-order valence-electron chi connectivity index (χ1n) is 8.01. The van der Waals surface area contributed by atoms with Crippen molar-refractivity contribution in [3.63, 3.8) is 0 Å². The summed E-state index contributed by atoms with van der Waals surface area (Å²) < 4.78 is 11.1. The molecule has 1 fully saturated rings. The summed E-state index contributed by atoms with van der Waals surface area (Å²) in [7, 11) is 0. The summed E-state index contributed by atoms with van der Waals surface area (Å²) >= 11 is 7.86. The molecule has 1 aliphatic heterocycles. The van der Waals surface area contributed by atoms with Crippen molar-refractivity contribution in [3.8, 4) is 5.88 Å². The van der Waals surface area contributed by atoms with Crippen molar-refractivity contribution in [2.75, 3.05) is 24.8 Å². The number of anilines is 1.